The Hall–Kier alpha value is -1.58. The zero-order valence-electron chi connectivity index (χ0n) is 4.94. The van der Waals surface area contributed by atoms with Crippen molar-refractivity contribution in [2.75, 3.05) is 0 Å². The second-order valence-corrected chi connectivity index (χ2v) is 1.71. The summed E-state index contributed by atoms with van der Waals surface area (Å²) >= 11 is 0. The molecule has 1 radical (unpaired) electrons. The maximum Gasteiger partial charge on any atom is 0.205 e. The summed E-state index contributed by atoms with van der Waals surface area (Å²) < 4.78 is 9.07. The maximum absolute atomic E-state index is 4.59. The minimum atomic E-state index is 0.633. The summed E-state index contributed by atoms with van der Waals surface area (Å²) in [6.07, 6.45) is 3.93. The molecule has 0 aliphatic rings. The lowest BCUT2D eigenvalue weighted by atomic mass is 10.3. The second-order valence-electron chi connectivity index (χ2n) is 1.71. The van der Waals surface area contributed by atoms with Crippen LogP contribution in [0.15, 0.2) is 27.4 Å². The Labute approximate surface area is 56.4 Å². The Bertz CT molecular complexity index is 253. The van der Waals surface area contributed by atoms with Crippen LogP contribution in [0.1, 0.15) is 0 Å². The molecule has 0 bridgehead atoms. The van der Waals surface area contributed by atoms with Crippen molar-refractivity contribution in [3.63, 3.8) is 0 Å². The minimum Gasteiger partial charge on any atom is -0.364 e. The molecule has 0 atom stereocenters. The molecule has 0 aromatic carbocycles. The van der Waals surface area contributed by atoms with Crippen molar-refractivity contribution >= 4 is 0 Å². The van der Waals surface area contributed by atoms with Crippen LogP contribution in [0.25, 0.3) is 11.4 Å². The molecular formula is C6H3N2O2. The van der Waals surface area contributed by atoms with Crippen molar-refractivity contribution in [1.82, 2.24) is 10.3 Å². The Morgan fingerprint density at radius 1 is 1.30 bits per heavy atom. The van der Waals surface area contributed by atoms with Gasteiger partial charge in [0.15, 0.2) is 0 Å². The van der Waals surface area contributed by atoms with E-state index in [2.05, 4.69) is 25.6 Å². The van der Waals surface area contributed by atoms with E-state index in [-0.39, 0.29) is 0 Å². The molecule has 49 valence electrons. The number of hydrogen-bond acceptors (Lipinski definition) is 4. The van der Waals surface area contributed by atoms with E-state index in [1.54, 1.807) is 12.1 Å². The fourth-order valence-electron chi connectivity index (χ4n) is 0.649. The molecule has 0 saturated carbocycles. The van der Waals surface area contributed by atoms with E-state index in [9.17, 15) is 0 Å². The molecule has 2 aromatic rings. The van der Waals surface area contributed by atoms with Crippen LogP contribution >= 0.6 is 0 Å². The second kappa shape index (κ2) is 1.98. The highest BCUT2D eigenvalue weighted by molar-refractivity contribution is 5.50. The molecule has 0 unspecified atom stereocenters. The van der Waals surface area contributed by atoms with Gasteiger partial charge in [-0.15, -0.1) is 0 Å². The van der Waals surface area contributed by atoms with Gasteiger partial charge in [0, 0.05) is 12.1 Å². The normalized spacial score (nSPS) is 10.0. The van der Waals surface area contributed by atoms with Crippen molar-refractivity contribution in [3.8, 4) is 11.4 Å². The van der Waals surface area contributed by atoms with Gasteiger partial charge in [0.05, 0.1) is 0 Å². The molecule has 0 aliphatic heterocycles. The molecule has 0 amide bonds. The smallest absolute Gasteiger partial charge is 0.205 e. The zero-order chi connectivity index (χ0) is 6.81. The minimum absolute atomic E-state index is 0.633. The quantitative estimate of drug-likeness (QED) is 0.588. The van der Waals surface area contributed by atoms with Gasteiger partial charge in [0.1, 0.15) is 17.7 Å². The summed E-state index contributed by atoms with van der Waals surface area (Å²) in [6, 6.07) is 3.30. The lowest BCUT2D eigenvalue weighted by molar-refractivity contribution is 0.409. The fourth-order valence-corrected chi connectivity index (χ4v) is 0.649. The summed E-state index contributed by atoms with van der Waals surface area (Å²) in [6.45, 7) is 0. The Morgan fingerprint density at radius 2 is 2.30 bits per heavy atom. The summed E-state index contributed by atoms with van der Waals surface area (Å²) in [5.74, 6) is 0. The summed E-state index contributed by atoms with van der Waals surface area (Å²) in [4.78, 5) is 0. The van der Waals surface area contributed by atoms with Crippen LogP contribution in [0.3, 0.4) is 0 Å². The highest BCUT2D eigenvalue weighted by Crippen LogP contribution is 2.12. The first-order chi connectivity index (χ1) is 4.97. The average molecular weight is 135 g/mol. The summed E-state index contributed by atoms with van der Waals surface area (Å²) in [5.41, 5.74) is 1.29. The molecule has 10 heavy (non-hydrogen) atoms. The molecule has 0 aliphatic carbocycles. The molecule has 0 N–H and O–H groups in total. The van der Waals surface area contributed by atoms with Crippen molar-refractivity contribution < 1.29 is 9.05 Å². The predicted molar refractivity (Wildman–Crippen MR) is 30.8 cm³/mol. The Morgan fingerprint density at radius 3 is 2.90 bits per heavy atom. The molecule has 4 nitrogen and oxygen atoms in total. The first kappa shape index (κ1) is 5.22. The van der Waals surface area contributed by atoms with Gasteiger partial charge >= 0.3 is 0 Å². The molecule has 0 saturated heterocycles. The van der Waals surface area contributed by atoms with Crippen molar-refractivity contribution in [2.45, 2.75) is 0 Å². The van der Waals surface area contributed by atoms with Gasteiger partial charge in [0.2, 0.25) is 6.26 Å². The van der Waals surface area contributed by atoms with Crippen LogP contribution in [0.2, 0.25) is 0 Å². The van der Waals surface area contributed by atoms with Gasteiger partial charge in [-0.3, -0.25) is 0 Å². The van der Waals surface area contributed by atoms with Gasteiger partial charge in [-0.2, -0.15) is 0 Å². The maximum atomic E-state index is 4.59. The average Bonchev–Trinajstić information content (AvgIpc) is 2.59. The molecule has 0 fully saturated rings. The fraction of sp³-hybridized carbons (Fsp3) is 0. The number of nitrogens with zero attached hydrogens (tertiary/aromatic N) is 2. The van der Waals surface area contributed by atoms with Gasteiger partial charge in [-0.25, -0.2) is 0 Å². The lowest BCUT2D eigenvalue weighted by Gasteiger charge is -1.78. The van der Waals surface area contributed by atoms with Crippen molar-refractivity contribution in [2.24, 2.45) is 0 Å². The monoisotopic (exact) mass is 135 g/mol. The van der Waals surface area contributed by atoms with E-state index in [0.29, 0.717) is 11.4 Å². The van der Waals surface area contributed by atoms with E-state index in [0.717, 1.165) is 0 Å². The highest BCUT2D eigenvalue weighted by Gasteiger charge is 2.02. The SMILES string of the molecule is [c]1cc(-c2ccon2)no1. The van der Waals surface area contributed by atoms with Gasteiger partial charge in [-0.1, -0.05) is 10.3 Å². The number of rotatable bonds is 1. The van der Waals surface area contributed by atoms with E-state index < -0.39 is 0 Å². The van der Waals surface area contributed by atoms with Crippen LogP contribution in [0, 0.1) is 6.26 Å². The predicted octanol–water partition coefficient (Wildman–Crippen LogP) is 1.13. The first-order valence-electron chi connectivity index (χ1n) is 2.70. The van der Waals surface area contributed by atoms with Crippen LogP contribution in [-0.2, 0) is 0 Å². The number of aromatic nitrogens is 2. The van der Waals surface area contributed by atoms with Crippen LogP contribution in [0.5, 0.6) is 0 Å². The largest absolute Gasteiger partial charge is 0.364 e. The van der Waals surface area contributed by atoms with E-state index in [1.807, 2.05) is 0 Å². The van der Waals surface area contributed by atoms with E-state index in [1.165, 1.54) is 6.26 Å². The Balaban J connectivity index is 2.48. The van der Waals surface area contributed by atoms with Crippen LogP contribution in [0.4, 0.5) is 0 Å². The van der Waals surface area contributed by atoms with Gasteiger partial charge < -0.3 is 9.05 Å². The lowest BCUT2D eigenvalue weighted by Crippen LogP contribution is -1.72. The van der Waals surface area contributed by atoms with Gasteiger partial charge in [0.25, 0.3) is 0 Å². The topological polar surface area (TPSA) is 52.1 Å². The first-order valence-corrected chi connectivity index (χ1v) is 2.70. The third kappa shape index (κ3) is 0.699. The molecule has 2 heterocycles. The third-order valence-corrected chi connectivity index (χ3v) is 1.09. The zero-order valence-corrected chi connectivity index (χ0v) is 4.94. The Kier molecular flexibility index (Phi) is 1.04. The van der Waals surface area contributed by atoms with E-state index in [4.69, 9.17) is 0 Å². The van der Waals surface area contributed by atoms with E-state index >= 15 is 0 Å². The third-order valence-electron chi connectivity index (χ3n) is 1.09. The van der Waals surface area contributed by atoms with Gasteiger partial charge in [-0.05, 0) is 0 Å². The summed E-state index contributed by atoms with van der Waals surface area (Å²) in [5, 5.41) is 7.25. The molecule has 2 aromatic heterocycles. The highest BCUT2D eigenvalue weighted by atomic mass is 16.5. The van der Waals surface area contributed by atoms with Crippen molar-refractivity contribution in [3.05, 3.63) is 24.7 Å². The molecular weight excluding hydrogens is 132 g/mol. The van der Waals surface area contributed by atoms with Crippen LogP contribution < -0.4 is 0 Å². The standard InChI is InChI=1S/C6H3N2O2/c1-3-9-7-5(1)6-2-4-10-8-6/h1-3H. The molecule has 2 rings (SSSR count). The summed E-state index contributed by atoms with van der Waals surface area (Å²) in [7, 11) is 0. The van der Waals surface area contributed by atoms with Crippen molar-refractivity contribution in [1.29, 1.82) is 0 Å². The molecule has 0 spiro atoms. The number of hydrogen-bond donors (Lipinski definition) is 0. The van der Waals surface area contributed by atoms with Crippen LogP contribution in [-0.4, -0.2) is 10.3 Å². The molecule has 4 heteroatoms.